The Kier molecular flexibility index (Phi) is 5.62. The number of benzene rings is 1. The summed E-state index contributed by atoms with van der Waals surface area (Å²) in [5, 5.41) is 9.51. The minimum atomic E-state index is -0.0495. The molecule has 4 nitrogen and oxygen atoms in total. The van der Waals surface area contributed by atoms with Crippen LogP contribution in [0.15, 0.2) is 24.3 Å². The summed E-state index contributed by atoms with van der Waals surface area (Å²) in [6.45, 7) is 4.72. The van der Waals surface area contributed by atoms with E-state index in [2.05, 4.69) is 0 Å². The van der Waals surface area contributed by atoms with Gasteiger partial charge < -0.3 is 14.7 Å². The molecule has 1 saturated heterocycles. The van der Waals surface area contributed by atoms with Crippen molar-refractivity contribution in [1.29, 1.82) is 0 Å². The molecule has 0 radical (unpaired) electrons. The summed E-state index contributed by atoms with van der Waals surface area (Å²) >= 11 is 0. The Morgan fingerprint density at radius 2 is 2.00 bits per heavy atom. The molecule has 1 fully saturated rings. The minimum absolute atomic E-state index is 0.00652. The Labute approximate surface area is 126 Å². The maximum absolute atomic E-state index is 12.6. The molecule has 2 rings (SSSR count). The predicted octanol–water partition coefficient (Wildman–Crippen LogP) is 2.85. The van der Waals surface area contributed by atoms with E-state index in [4.69, 9.17) is 4.74 Å². The third-order valence-corrected chi connectivity index (χ3v) is 3.82. The lowest BCUT2D eigenvalue weighted by Gasteiger charge is -2.28. The highest BCUT2D eigenvalue weighted by Gasteiger charge is 2.25. The first-order valence-corrected chi connectivity index (χ1v) is 7.80. The van der Waals surface area contributed by atoms with E-state index >= 15 is 0 Å². The summed E-state index contributed by atoms with van der Waals surface area (Å²) in [6, 6.07) is 7.23. The molecule has 1 atom stereocenters. The first-order chi connectivity index (χ1) is 10.1. The molecule has 1 aliphatic rings. The van der Waals surface area contributed by atoms with Gasteiger partial charge in [-0.3, -0.25) is 4.79 Å². The average molecular weight is 291 g/mol. The Bertz CT molecular complexity index is 456. The molecule has 4 heteroatoms. The van der Waals surface area contributed by atoms with Crippen LogP contribution < -0.4 is 4.74 Å². The van der Waals surface area contributed by atoms with Crippen LogP contribution in [0, 0.1) is 0 Å². The monoisotopic (exact) mass is 291 g/mol. The Morgan fingerprint density at radius 1 is 1.29 bits per heavy atom. The van der Waals surface area contributed by atoms with E-state index in [1.807, 2.05) is 30.9 Å². The van der Waals surface area contributed by atoms with Gasteiger partial charge in [0.2, 0.25) is 0 Å². The largest absolute Gasteiger partial charge is 0.491 e. The van der Waals surface area contributed by atoms with E-state index < -0.39 is 0 Å². The summed E-state index contributed by atoms with van der Waals surface area (Å²) < 4.78 is 5.59. The highest BCUT2D eigenvalue weighted by atomic mass is 16.5. The number of amides is 1. The zero-order valence-electron chi connectivity index (χ0n) is 12.9. The predicted molar refractivity (Wildman–Crippen MR) is 82.6 cm³/mol. The van der Waals surface area contributed by atoms with Crippen LogP contribution >= 0.6 is 0 Å². The smallest absolute Gasteiger partial charge is 0.254 e. The number of nitrogens with zero attached hydrogens (tertiary/aromatic N) is 1. The Hall–Kier alpha value is -1.55. The summed E-state index contributed by atoms with van der Waals surface area (Å²) in [7, 11) is 0. The van der Waals surface area contributed by atoms with Gasteiger partial charge in [0.1, 0.15) is 5.75 Å². The molecule has 0 aliphatic carbocycles. The average Bonchev–Trinajstić information content (AvgIpc) is 2.71. The zero-order chi connectivity index (χ0) is 15.2. The van der Waals surface area contributed by atoms with Gasteiger partial charge in [0.25, 0.3) is 5.91 Å². The number of ether oxygens (including phenoxy) is 1. The highest BCUT2D eigenvalue weighted by Crippen LogP contribution is 2.21. The fourth-order valence-corrected chi connectivity index (χ4v) is 2.75. The highest BCUT2D eigenvalue weighted by molar-refractivity contribution is 5.94. The molecule has 1 heterocycles. The molecular formula is C17H25NO3. The van der Waals surface area contributed by atoms with Crippen molar-refractivity contribution < 1.29 is 14.6 Å². The number of aliphatic hydroxyl groups is 1. The number of hydrogen-bond acceptors (Lipinski definition) is 3. The van der Waals surface area contributed by atoms with E-state index in [0.29, 0.717) is 5.56 Å². The molecule has 1 N–H and O–H groups in total. The van der Waals surface area contributed by atoms with Crippen LogP contribution in [0.1, 0.15) is 49.9 Å². The van der Waals surface area contributed by atoms with Gasteiger partial charge in [-0.15, -0.1) is 0 Å². The van der Waals surface area contributed by atoms with Crippen molar-refractivity contribution in [3.05, 3.63) is 29.8 Å². The van der Waals surface area contributed by atoms with Crippen LogP contribution in [-0.4, -0.2) is 41.2 Å². The van der Waals surface area contributed by atoms with E-state index in [0.717, 1.165) is 38.0 Å². The zero-order valence-corrected chi connectivity index (χ0v) is 12.9. The SMILES string of the molecule is CC(C)Oc1ccc(C(=O)N2CCCCCC2CO)cc1. The normalized spacial score (nSPS) is 19.4. The van der Waals surface area contributed by atoms with Gasteiger partial charge in [-0.25, -0.2) is 0 Å². The van der Waals surface area contributed by atoms with Crippen LogP contribution in [0.3, 0.4) is 0 Å². The topological polar surface area (TPSA) is 49.8 Å². The molecule has 1 aliphatic heterocycles. The van der Waals surface area contributed by atoms with Gasteiger partial charge >= 0.3 is 0 Å². The first-order valence-electron chi connectivity index (χ1n) is 7.80. The second-order valence-electron chi connectivity index (χ2n) is 5.88. The van der Waals surface area contributed by atoms with Gasteiger partial charge in [0.15, 0.2) is 0 Å². The summed E-state index contributed by atoms with van der Waals surface area (Å²) in [5.41, 5.74) is 0.659. The Morgan fingerprint density at radius 3 is 2.62 bits per heavy atom. The molecule has 0 spiro atoms. The standard InChI is InChI=1S/C17H25NO3/c1-13(2)21-16-9-7-14(8-10-16)17(20)18-11-5-3-4-6-15(18)12-19/h7-10,13,15,19H,3-6,11-12H2,1-2H3. The van der Waals surface area contributed by atoms with Crippen molar-refractivity contribution in [3.8, 4) is 5.75 Å². The fraction of sp³-hybridized carbons (Fsp3) is 0.588. The molecule has 1 aromatic rings. The number of carbonyl (C=O) groups is 1. The van der Waals surface area contributed by atoms with Crippen LogP contribution in [0.5, 0.6) is 5.75 Å². The number of aliphatic hydroxyl groups excluding tert-OH is 1. The molecule has 0 bridgehead atoms. The molecule has 0 saturated carbocycles. The van der Waals surface area contributed by atoms with Crippen molar-refractivity contribution in [2.75, 3.05) is 13.2 Å². The van der Waals surface area contributed by atoms with Gasteiger partial charge in [-0.2, -0.15) is 0 Å². The number of rotatable bonds is 4. The van der Waals surface area contributed by atoms with Crippen LogP contribution in [0.2, 0.25) is 0 Å². The van der Waals surface area contributed by atoms with Gasteiger partial charge in [-0.1, -0.05) is 12.8 Å². The minimum Gasteiger partial charge on any atom is -0.491 e. The van der Waals surface area contributed by atoms with Crippen LogP contribution in [0.25, 0.3) is 0 Å². The van der Waals surface area contributed by atoms with Gasteiger partial charge in [0.05, 0.1) is 18.8 Å². The van der Waals surface area contributed by atoms with Crippen molar-refractivity contribution in [1.82, 2.24) is 4.90 Å². The second-order valence-corrected chi connectivity index (χ2v) is 5.88. The number of likely N-dealkylation sites (tertiary alicyclic amines) is 1. The van der Waals surface area contributed by atoms with Crippen molar-refractivity contribution in [3.63, 3.8) is 0 Å². The number of hydrogen-bond donors (Lipinski definition) is 1. The van der Waals surface area contributed by atoms with Crippen molar-refractivity contribution in [2.45, 2.75) is 51.7 Å². The number of carbonyl (C=O) groups excluding carboxylic acids is 1. The second kappa shape index (κ2) is 7.46. The fourth-order valence-electron chi connectivity index (χ4n) is 2.75. The molecule has 116 valence electrons. The molecule has 1 amide bonds. The van der Waals surface area contributed by atoms with Gasteiger partial charge in [0, 0.05) is 12.1 Å². The van der Waals surface area contributed by atoms with E-state index in [9.17, 15) is 9.90 Å². The summed E-state index contributed by atoms with van der Waals surface area (Å²) in [5.74, 6) is 0.781. The van der Waals surface area contributed by atoms with Crippen LogP contribution in [-0.2, 0) is 0 Å². The molecule has 0 aromatic heterocycles. The van der Waals surface area contributed by atoms with E-state index in [1.165, 1.54) is 0 Å². The first kappa shape index (κ1) is 15.8. The maximum atomic E-state index is 12.6. The molecule has 1 aromatic carbocycles. The molecular weight excluding hydrogens is 266 g/mol. The summed E-state index contributed by atoms with van der Waals surface area (Å²) in [4.78, 5) is 14.5. The van der Waals surface area contributed by atoms with Gasteiger partial charge in [-0.05, 0) is 51.0 Å². The summed E-state index contributed by atoms with van der Waals surface area (Å²) in [6.07, 6.45) is 4.22. The van der Waals surface area contributed by atoms with Crippen molar-refractivity contribution in [2.24, 2.45) is 0 Å². The lowest BCUT2D eigenvalue weighted by Crippen LogP contribution is -2.42. The van der Waals surface area contributed by atoms with E-state index in [1.54, 1.807) is 12.1 Å². The van der Waals surface area contributed by atoms with E-state index in [-0.39, 0.29) is 24.7 Å². The maximum Gasteiger partial charge on any atom is 0.254 e. The molecule has 21 heavy (non-hydrogen) atoms. The third kappa shape index (κ3) is 4.21. The Balaban J connectivity index is 2.10. The molecule has 1 unspecified atom stereocenters. The van der Waals surface area contributed by atoms with Crippen LogP contribution in [0.4, 0.5) is 0 Å². The lowest BCUT2D eigenvalue weighted by atomic mass is 10.1. The lowest BCUT2D eigenvalue weighted by molar-refractivity contribution is 0.0600. The third-order valence-electron chi connectivity index (χ3n) is 3.82. The van der Waals surface area contributed by atoms with Crippen molar-refractivity contribution >= 4 is 5.91 Å². The quantitative estimate of drug-likeness (QED) is 0.928.